The number of rotatable bonds is 5. The smallest absolute Gasteiger partial charge is 0.416 e. The summed E-state index contributed by atoms with van der Waals surface area (Å²) in [6, 6.07) is 2.09. The van der Waals surface area contributed by atoms with Crippen LogP contribution in [0.5, 0.6) is 0 Å². The minimum Gasteiger partial charge on any atom is -0.478 e. The van der Waals surface area contributed by atoms with Gasteiger partial charge in [0, 0.05) is 13.0 Å². The van der Waals surface area contributed by atoms with Crippen LogP contribution >= 0.6 is 0 Å². The third kappa shape index (κ3) is 4.23. The Hall–Kier alpha value is -2.09. The quantitative estimate of drug-likeness (QED) is 0.774. The van der Waals surface area contributed by atoms with E-state index in [1.54, 1.807) is 7.05 Å². The Morgan fingerprint density at radius 1 is 1.30 bits per heavy atom. The lowest BCUT2D eigenvalue weighted by Gasteiger charge is -2.12. The summed E-state index contributed by atoms with van der Waals surface area (Å²) in [5.74, 6) is -1.98. The molecule has 0 bridgehead atoms. The van der Waals surface area contributed by atoms with Crippen LogP contribution in [0.25, 0.3) is 0 Å². The van der Waals surface area contributed by atoms with E-state index in [9.17, 15) is 22.8 Å². The summed E-state index contributed by atoms with van der Waals surface area (Å²) in [6.45, 7) is 0.327. The van der Waals surface area contributed by atoms with Crippen molar-refractivity contribution in [3.8, 4) is 0 Å². The highest BCUT2D eigenvalue weighted by Gasteiger charge is 2.31. The number of halogens is 3. The molecule has 3 N–H and O–H groups in total. The highest BCUT2D eigenvalue weighted by Crippen LogP contribution is 2.32. The molecule has 0 aliphatic rings. The molecule has 0 aliphatic carbocycles. The number of hydrogen-bond acceptors (Lipinski definition) is 3. The van der Waals surface area contributed by atoms with Gasteiger partial charge >= 0.3 is 12.1 Å². The number of amides is 1. The maximum atomic E-state index is 12.6. The summed E-state index contributed by atoms with van der Waals surface area (Å²) in [5.41, 5.74) is -1.78. The van der Waals surface area contributed by atoms with Crippen molar-refractivity contribution < 1.29 is 27.9 Å². The van der Waals surface area contributed by atoms with E-state index < -0.39 is 29.2 Å². The molecule has 0 fully saturated rings. The Labute approximate surface area is 112 Å². The summed E-state index contributed by atoms with van der Waals surface area (Å²) >= 11 is 0. The highest BCUT2D eigenvalue weighted by molar-refractivity contribution is 6.00. The molecule has 110 valence electrons. The maximum Gasteiger partial charge on any atom is 0.416 e. The van der Waals surface area contributed by atoms with Gasteiger partial charge in [0.15, 0.2) is 0 Å². The second-order valence-electron chi connectivity index (χ2n) is 3.97. The first-order valence-corrected chi connectivity index (χ1v) is 5.64. The maximum absolute atomic E-state index is 12.6. The van der Waals surface area contributed by atoms with Crippen LogP contribution in [-0.4, -0.2) is 30.6 Å². The first-order chi connectivity index (χ1) is 9.25. The average Bonchev–Trinajstić information content (AvgIpc) is 2.34. The van der Waals surface area contributed by atoms with Crippen LogP contribution in [0.3, 0.4) is 0 Å². The molecular formula is C12H13F3N2O3. The molecule has 1 aromatic carbocycles. The van der Waals surface area contributed by atoms with Crippen LogP contribution in [-0.2, 0) is 11.0 Å². The minimum atomic E-state index is -4.61. The van der Waals surface area contributed by atoms with Gasteiger partial charge in [-0.2, -0.15) is 13.2 Å². The van der Waals surface area contributed by atoms with Crippen LogP contribution in [0.4, 0.5) is 18.9 Å². The van der Waals surface area contributed by atoms with E-state index in [2.05, 4.69) is 10.6 Å². The normalized spacial score (nSPS) is 11.2. The molecule has 1 rings (SSSR count). The molecule has 0 saturated heterocycles. The molecule has 5 nitrogen and oxygen atoms in total. The van der Waals surface area contributed by atoms with E-state index in [0.29, 0.717) is 18.7 Å². The van der Waals surface area contributed by atoms with E-state index in [4.69, 9.17) is 5.11 Å². The Morgan fingerprint density at radius 3 is 2.45 bits per heavy atom. The second kappa shape index (κ2) is 6.38. The summed E-state index contributed by atoms with van der Waals surface area (Å²) in [4.78, 5) is 22.4. The second-order valence-corrected chi connectivity index (χ2v) is 3.97. The van der Waals surface area contributed by atoms with Gasteiger partial charge in [-0.15, -0.1) is 0 Å². The van der Waals surface area contributed by atoms with E-state index in [-0.39, 0.29) is 12.1 Å². The van der Waals surface area contributed by atoms with Gasteiger partial charge in [0.25, 0.3) is 0 Å². The largest absolute Gasteiger partial charge is 0.478 e. The first-order valence-electron chi connectivity index (χ1n) is 5.64. The fourth-order valence-electron chi connectivity index (χ4n) is 1.46. The van der Waals surface area contributed by atoms with Gasteiger partial charge in [-0.1, -0.05) is 0 Å². The predicted molar refractivity (Wildman–Crippen MR) is 65.6 cm³/mol. The van der Waals surface area contributed by atoms with E-state index in [1.165, 1.54) is 0 Å². The highest BCUT2D eigenvalue weighted by atomic mass is 19.4. The average molecular weight is 290 g/mol. The molecule has 0 atom stereocenters. The SMILES string of the molecule is CNCCC(=O)Nc1cc(C(F)(F)F)ccc1C(=O)O. The Bertz CT molecular complexity index is 515. The molecular weight excluding hydrogens is 277 g/mol. The van der Waals surface area contributed by atoms with Gasteiger partial charge < -0.3 is 15.7 Å². The molecule has 0 heterocycles. The van der Waals surface area contributed by atoms with E-state index >= 15 is 0 Å². The van der Waals surface area contributed by atoms with Crippen molar-refractivity contribution in [2.45, 2.75) is 12.6 Å². The van der Waals surface area contributed by atoms with Crippen LogP contribution < -0.4 is 10.6 Å². The van der Waals surface area contributed by atoms with E-state index in [0.717, 1.165) is 6.07 Å². The Kier molecular flexibility index (Phi) is 5.09. The number of aromatic carboxylic acids is 1. The number of benzene rings is 1. The topological polar surface area (TPSA) is 78.4 Å². The zero-order valence-corrected chi connectivity index (χ0v) is 10.5. The number of alkyl halides is 3. The molecule has 0 aliphatic heterocycles. The number of carbonyl (C=O) groups excluding carboxylic acids is 1. The number of carboxylic acids is 1. The standard InChI is InChI=1S/C12H13F3N2O3/c1-16-5-4-10(18)17-9-6-7(12(13,14)15)2-3-8(9)11(19)20/h2-3,6,16H,4-5H2,1H3,(H,17,18)(H,19,20). The fraction of sp³-hybridized carbons (Fsp3) is 0.333. The van der Waals surface area contributed by atoms with Crippen LogP contribution in [0, 0.1) is 0 Å². The third-order valence-electron chi connectivity index (χ3n) is 2.45. The lowest BCUT2D eigenvalue weighted by atomic mass is 10.1. The van der Waals surface area contributed by atoms with Gasteiger partial charge in [-0.25, -0.2) is 4.79 Å². The number of hydrogen-bond donors (Lipinski definition) is 3. The third-order valence-corrected chi connectivity index (χ3v) is 2.45. The van der Waals surface area contributed by atoms with E-state index in [1.807, 2.05) is 0 Å². The Morgan fingerprint density at radius 2 is 1.95 bits per heavy atom. The van der Waals surface area contributed by atoms with Crippen molar-refractivity contribution in [1.29, 1.82) is 0 Å². The van der Waals surface area contributed by atoms with Gasteiger partial charge in [-0.05, 0) is 25.2 Å². The van der Waals surface area contributed by atoms with Crippen molar-refractivity contribution in [3.63, 3.8) is 0 Å². The van der Waals surface area contributed by atoms with Crippen molar-refractivity contribution in [2.24, 2.45) is 0 Å². The summed E-state index contributed by atoms with van der Waals surface area (Å²) in [5, 5.41) is 13.8. The van der Waals surface area contributed by atoms with Crippen molar-refractivity contribution in [3.05, 3.63) is 29.3 Å². The molecule has 20 heavy (non-hydrogen) atoms. The predicted octanol–water partition coefficient (Wildman–Crippen LogP) is 1.95. The van der Waals surface area contributed by atoms with Gasteiger partial charge in [0.05, 0.1) is 16.8 Å². The Balaban J connectivity index is 3.06. The summed E-state index contributed by atoms with van der Waals surface area (Å²) in [6.07, 6.45) is -4.59. The number of anilines is 1. The van der Waals surface area contributed by atoms with Gasteiger partial charge in [0.2, 0.25) is 5.91 Å². The monoisotopic (exact) mass is 290 g/mol. The number of carbonyl (C=O) groups is 2. The number of carboxylic acid groups (broad SMARTS) is 1. The summed E-state index contributed by atoms with van der Waals surface area (Å²) in [7, 11) is 1.61. The molecule has 0 saturated carbocycles. The van der Waals surface area contributed by atoms with Crippen LogP contribution in [0.1, 0.15) is 22.3 Å². The molecule has 0 unspecified atom stereocenters. The lowest BCUT2D eigenvalue weighted by Crippen LogP contribution is -2.20. The van der Waals surface area contributed by atoms with Crippen LogP contribution in [0.2, 0.25) is 0 Å². The van der Waals surface area contributed by atoms with Crippen molar-refractivity contribution in [2.75, 3.05) is 18.9 Å². The zero-order chi connectivity index (χ0) is 15.3. The number of nitrogens with one attached hydrogen (secondary N) is 2. The van der Waals surface area contributed by atoms with Crippen molar-refractivity contribution >= 4 is 17.6 Å². The zero-order valence-electron chi connectivity index (χ0n) is 10.5. The summed E-state index contributed by atoms with van der Waals surface area (Å²) < 4.78 is 37.7. The van der Waals surface area contributed by atoms with Crippen LogP contribution in [0.15, 0.2) is 18.2 Å². The molecule has 0 spiro atoms. The van der Waals surface area contributed by atoms with Gasteiger partial charge in [0.1, 0.15) is 0 Å². The molecule has 0 radical (unpaired) electrons. The molecule has 0 aromatic heterocycles. The molecule has 1 aromatic rings. The molecule has 8 heteroatoms. The lowest BCUT2D eigenvalue weighted by molar-refractivity contribution is -0.137. The molecule has 1 amide bonds. The van der Waals surface area contributed by atoms with Crippen molar-refractivity contribution in [1.82, 2.24) is 5.32 Å². The van der Waals surface area contributed by atoms with Gasteiger partial charge in [-0.3, -0.25) is 4.79 Å². The first kappa shape index (κ1) is 16.0. The fourth-order valence-corrected chi connectivity index (χ4v) is 1.46. The minimum absolute atomic E-state index is 0.0196.